The van der Waals surface area contributed by atoms with Crippen molar-refractivity contribution in [3.8, 4) is 0 Å². The van der Waals surface area contributed by atoms with Crippen LogP contribution in [-0.2, 0) is 0 Å². The average molecular weight is 520 g/mol. The second-order valence-corrected chi connectivity index (χ2v) is 27.0. The first-order valence-corrected chi connectivity index (χ1v) is 19.1. The van der Waals surface area contributed by atoms with Gasteiger partial charge in [-0.3, -0.25) is 0 Å². The minimum absolute atomic E-state index is 1.39. The van der Waals surface area contributed by atoms with Gasteiger partial charge in [-0.05, 0) is 0 Å². The molecule has 0 aliphatic rings. The summed E-state index contributed by atoms with van der Waals surface area (Å²) in [4.78, 5) is 0. The Morgan fingerprint density at radius 3 is 0.594 bits per heavy atom. The van der Waals surface area contributed by atoms with Gasteiger partial charge in [0, 0.05) is 0 Å². The van der Waals surface area contributed by atoms with Crippen molar-refractivity contribution >= 4 is 45.2 Å². The third kappa shape index (κ3) is 2.52. The summed E-state index contributed by atoms with van der Waals surface area (Å²) in [5, 5.41) is 0. The normalized spacial score (nSPS) is 13.7. The molecule has 0 saturated heterocycles. The van der Waals surface area contributed by atoms with Crippen molar-refractivity contribution in [2.45, 2.75) is 0 Å². The van der Waals surface area contributed by atoms with E-state index in [2.05, 4.69) is 166 Å². The van der Waals surface area contributed by atoms with Gasteiger partial charge in [0.25, 0.3) is 0 Å². The van der Waals surface area contributed by atoms with E-state index in [1.54, 1.807) is 0 Å². The molecule has 0 atom stereocenters. The van der Waals surface area contributed by atoms with Crippen LogP contribution in [0.25, 0.3) is 0 Å². The quantitative estimate of drug-likeness (QED) is 0.312. The maximum atomic E-state index is 2.60. The monoisotopic (exact) mass is 522 g/mol. The van der Waals surface area contributed by atoms with Gasteiger partial charge in [-0.2, -0.15) is 0 Å². The second kappa shape index (κ2) is 7.81. The van der Waals surface area contributed by atoms with Gasteiger partial charge >= 0.3 is 197 Å². The van der Waals surface area contributed by atoms with Gasteiger partial charge in [0.1, 0.15) is 0 Å². The van der Waals surface area contributed by atoms with Crippen LogP contribution in [0.3, 0.4) is 0 Å². The summed E-state index contributed by atoms with van der Waals surface area (Å²) >= 11 is -2.40. The Labute approximate surface area is 195 Å². The molecule has 0 heterocycles. The van der Waals surface area contributed by atoms with E-state index in [9.17, 15) is 0 Å². The predicted molar refractivity (Wildman–Crippen MR) is 142 cm³/mol. The van der Waals surface area contributed by atoms with Gasteiger partial charge in [-0.15, -0.1) is 0 Å². The molecule has 5 rings (SSSR count). The van der Waals surface area contributed by atoms with E-state index in [4.69, 9.17) is 0 Å². The molecule has 0 fully saturated rings. The first-order chi connectivity index (χ1) is 15.7. The maximum absolute atomic E-state index is 5.01. The molecule has 0 nitrogen and oxygen atoms in total. The van der Waals surface area contributed by atoms with Crippen LogP contribution >= 0.6 is 0 Å². The molecule has 5 aromatic rings. The Morgan fingerprint density at radius 2 is 0.438 bits per heavy atom. The zero-order valence-corrected chi connectivity index (χ0v) is 20.7. The fourth-order valence-corrected chi connectivity index (χ4v) is 27.2. The SMILES string of the molecule is [Li][Te](c1ccccc1)(c1ccccc1)(c1ccccc1)(c1ccccc1)c1ccccc1. The zero-order chi connectivity index (χ0) is 22.0. The average Bonchev–Trinajstić information content (AvgIpc) is 2.91. The van der Waals surface area contributed by atoms with Crippen molar-refractivity contribution in [1.82, 2.24) is 0 Å². The molecule has 0 N–H and O–H groups in total. The molecule has 152 valence electrons. The molecule has 0 saturated carbocycles. The van der Waals surface area contributed by atoms with Crippen molar-refractivity contribution in [2.24, 2.45) is 0 Å². The van der Waals surface area contributed by atoms with E-state index < -0.39 is 12.8 Å². The molecular formula is C30H25LiTe. The van der Waals surface area contributed by atoms with Crippen LogP contribution < -0.4 is 18.1 Å². The van der Waals surface area contributed by atoms with E-state index in [1.807, 2.05) is 0 Å². The minimum atomic E-state index is -5.01. The van der Waals surface area contributed by atoms with Crippen LogP contribution in [0.1, 0.15) is 0 Å². The second-order valence-electron chi connectivity index (χ2n) is 8.61. The molecular weight excluding hydrogens is 495 g/mol. The van der Waals surface area contributed by atoms with Crippen LogP contribution in [0.15, 0.2) is 152 Å². The van der Waals surface area contributed by atoms with E-state index in [1.165, 1.54) is 18.1 Å². The molecule has 0 aliphatic heterocycles. The fraction of sp³-hybridized carbons (Fsp3) is 0. The molecule has 32 heavy (non-hydrogen) atoms. The molecule has 0 radical (unpaired) electrons. The van der Waals surface area contributed by atoms with Gasteiger partial charge in [-0.1, -0.05) is 0 Å². The zero-order valence-electron chi connectivity index (χ0n) is 18.3. The first-order valence-electron chi connectivity index (χ1n) is 11.0. The van der Waals surface area contributed by atoms with Crippen molar-refractivity contribution in [2.75, 3.05) is 0 Å². The number of hydrogen-bond acceptors (Lipinski definition) is 0. The summed E-state index contributed by atoms with van der Waals surface area (Å²) in [6.45, 7) is 0. The number of benzene rings is 5. The third-order valence-corrected chi connectivity index (χ3v) is 31.3. The summed E-state index contributed by atoms with van der Waals surface area (Å²) in [5.74, 6) is 0. The van der Waals surface area contributed by atoms with Gasteiger partial charge in [0.05, 0.1) is 0 Å². The van der Waals surface area contributed by atoms with E-state index >= 15 is 0 Å². The molecule has 0 amide bonds. The van der Waals surface area contributed by atoms with E-state index in [0.29, 0.717) is 0 Å². The summed E-state index contributed by atoms with van der Waals surface area (Å²) in [6.07, 6.45) is 0. The molecule has 2 heteroatoms. The summed E-state index contributed by atoms with van der Waals surface area (Å²) in [5.41, 5.74) is 0. The summed E-state index contributed by atoms with van der Waals surface area (Å²) in [6, 6.07) is 56.1. The van der Waals surface area contributed by atoms with Gasteiger partial charge in [0.15, 0.2) is 0 Å². The van der Waals surface area contributed by atoms with E-state index in [-0.39, 0.29) is 0 Å². The topological polar surface area (TPSA) is 0 Å². The molecule has 0 unspecified atom stereocenters. The standard InChI is InChI=1S/C30H25Te.Li/c1-6-16-26(17-7-1)31(27-18-8-2-9-19-27,28-20-10-3-11-21-28,29-22-12-4-13-23-29)30-24-14-5-15-25-30;/h1-25H;. The molecule has 0 aromatic heterocycles. The van der Waals surface area contributed by atoms with Gasteiger partial charge in [-0.25, -0.2) is 0 Å². The fourth-order valence-electron chi connectivity index (χ4n) is 5.50. The van der Waals surface area contributed by atoms with Crippen LogP contribution in [0.5, 0.6) is 0 Å². The Kier molecular flexibility index (Phi) is 5.21. The molecule has 0 spiro atoms. The van der Waals surface area contributed by atoms with Crippen LogP contribution in [0.4, 0.5) is 0 Å². The first kappa shape index (κ1) is 21.3. The van der Waals surface area contributed by atoms with E-state index in [0.717, 1.165) is 0 Å². The number of hydrogen-bond donors (Lipinski definition) is 0. The van der Waals surface area contributed by atoms with Crippen molar-refractivity contribution in [1.29, 1.82) is 0 Å². The number of rotatable bonds is 5. The molecule has 0 bridgehead atoms. The van der Waals surface area contributed by atoms with Crippen molar-refractivity contribution in [3.05, 3.63) is 152 Å². The van der Waals surface area contributed by atoms with Gasteiger partial charge < -0.3 is 0 Å². The summed E-state index contributed by atoms with van der Waals surface area (Å²) in [7, 11) is 0. The Bertz CT molecular complexity index is 1080. The Hall–Kier alpha value is -2.51. The summed E-state index contributed by atoms with van der Waals surface area (Å²) < 4.78 is 6.96. The van der Waals surface area contributed by atoms with Crippen LogP contribution in [0.2, 0.25) is 0 Å². The Morgan fingerprint density at radius 1 is 0.281 bits per heavy atom. The van der Waals surface area contributed by atoms with Crippen LogP contribution in [0, 0.1) is 0 Å². The van der Waals surface area contributed by atoms with Crippen LogP contribution in [-0.4, -0.2) is 27.1 Å². The van der Waals surface area contributed by atoms with Gasteiger partial charge in [0.2, 0.25) is 0 Å². The third-order valence-electron chi connectivity index (χ3n) is 7.25. The molecule has 0 aliphatic carbocycles. The van der Waals surface area contributed by atoms with Crippen molar-refractivity contribution in [3.63, 3.8) is 0 Å². The van der Waals surface area contributed by atoms with Crippen molar-refractivity contribution < 1.29 is 0 Å². The Balaban J connectivity index is 2.23. The predicted octanol–water partition coefficient (Wildman–Crippen LogP) is 3.54. The molecule has 5 aromatic carbocycles.